The average molecular weight is 199 g/mol. The zero-order valence-corrected chi connectivity index (χ0v) is 8.76. The monoisotopic (exact) mass is 199 g/mol. The standard InChI is InChI=1S/C10H17NO3/c1-3-8(12)5-6-10(14)11-7-9(13)4-2/h3-7H2,1-2H3,(H,11,14). The predicted octanol–water partition coefficient (Wildman–Crippen LogP) is 0.841. The molecule has 0 radical (unpaired) electrons. The fourth-order valence-electron chi connectivity index (χ4n) is 0.840. The minimum absolute atomic E-state index is 0.000156. The van der Waals surface area contributed by atoms with E-state index >= 15 is 0 Å². The quantitative estimate of drug-likeness (QED) is 0.661. The number of nitrogens with one attached hydrogen (secondary N) is 1. The van der Waals surface area contributed by atoms with Crippen molar-refractivity contribution in [3.05, 3.63) is 0 Å². The SMILES string of the molecule is CCC(=O)CCC(=O)NCC(=O)CC. The van der Waals surface area contributed by atoms with E-state index in [1.54, 1.807) is 13.8 Å². The van der Waals surface area contributed by atoms with Gasteiger partial charge in [-0.3, -0.25) is 14.4 Å². The predicted molar refractivity (Wildman–Crippen MR) is 52.8 cm³/mol. The van der Waals surface area contributed by atoms with E-state index < -0.39 is 0 Å². The molecule has 0 aliphatic heterocycles. The number of Topliss-reactive ketones (excluding diaryl/α,β-unsaturated/α-hetero) is 2. The first-order chi connectivity index (χ1) is 6.60. The fraction of sp³-hybridized carbons (Fsp3) is 0.700. The molecule has 4 heteroatoms. The van der Waals surface area contributed by atoms with E-state index in [0.717, 1.165) is 0 Å². The Balaban J connectivity index is 3.56. The van der Waals surface area contributed by atoms with Crippen LogP contribution in [0, 0.1) is 0 Å². The number of amides is 1. The van der Waals surface area contributed by atoms with Crippen molar-refractivity contribution in [3.8, 4) is 0 Å². The lowest BCUT2D eigenvalue weighted by Crippen LogP contribution is -2.29. The van der Waals surface area contributed by atoms with Crippen molar-refractivity contribution < 1.29 is 14.4 Å². The van der Waals surface area contributed by atoms with E-state index in [1.807, 2.05) is 0 Å². The Hall–Kier alpha value is -1.19. The van der Waals surface area contributed by atoms with Crippen LogP contribution < -0.4 is 5.32 Å². The maximum absolute atomic E-state index is 11.1. The van der Waals surface area contributed by atoms with Crippen LogP contribution in [0.1, 0.15) is 39.5 Å². The van der Waals surface area contributed by atoms with Crippen LogP contribution in [0.15, 0.2) is 0 Å². The minimum Gasteiger partial charge on any atom is -0.349 e. The molecule has 0 heterocycles. The first-order valence-electron chi connectivity index (χ1n) is 4.90. The maximum Gasteiger partial charge on any atom is 0.220 e. The van der Waals surface area contributed by atoms with Gasteiger partial charge in [-0.05, 0) is 0 Å². The summed E-state index contributed by atoms with van der Waals surface area (Å²) in [6, 6.07) is 0. The van der Waals surface area contributed by atoms with E-state index in [2.05, 4.69) is 5.32 Å². The largest absolute Gasteiger partial charge is 0.349 e. The molecule has 0 saturated carbocycles. The van der Waals surface area contributed by atoms with Crippen molar-refractivity contribution in [2.24, 2.45) is 0 Å². The highest BCUT2D eigenvalue weighted by Gasteiger charge is 2.06. The van der Waals surface area contributed by atoms with Crippen LogP contribution in [-0.4, -0.2) is 24.0 Å². The molecule has 0 aliphatic carbocycles. The second-order valence-corrected chi connectivity index (χ2v) is 3.06. The molecule has 0 fully saturated rings. The molecule has 0 aromatic carbocycles. The van der Waals surface area contributed by atoms with Gasteiger partial charge in [0.25, 0.3) is 0 Å². The summed E-state index contributed by atoms with van der Waals surface area (Å²) in [5.41, 5.74) is 0. The third kappa shape index (κ3) is 6.34. The lowest BCUT2D eigenvalue weighted by Gasteiger charge is -2.02. The molecule has 14 heavy (non-hydrogen) atoms. The van der Waals surface area contributed by atoms with Crippen molar-refractivity contribution in [2.45, 2.75) is 39.5 Å². The van der Waals surface area contributed by atoms with Crippen LogP contribution in [0.5, 0.6) is 0 Å². The van der Waals surface area contributed by atoms with Crippen molar-refractivity contribution in [3.63, 3.8) is 0 Å². The molecule has 0 saturated heterocycles. The van der Waals surface area contributed by atoms with Gasteiger partial charge < -0.3 is 5.32 Å². The van der Waals surface area contributed by atoms with E-state index in [4.69, 9.17) is 0 Å². The number of carbonyl (C=O) groups is 3. The summed E-state index contributed by atoms with van der Waals surface area (Å²) in [5.74, 6) is -0.157. The fourth-order valence-corrected chi connectivity index (χ4v) is 0.840. The summed E-state index contributed by atoms with van der Waals surface area (Å²) in [6.45, 7) is 3.59. The minimum atomic E-state index is -0.228. The third-order valence-corrected chi connectivity index (χ3v) is 1.90. The van der Waals surface area contributed by atoms with Crippen LogP contribution in [-0.2, 0) is 14.4 Å². The van der Waals surface area contributed by atoms with Crippen LogP contribution in [0.4, 0.5) is 0 Å². The van der Waals surface area contributed by atoms with E-state index in [9.17, 15) is 14.4 Å². The Morgan fingerprint density at radius 3 is 2.00 bits per heavy atom. The molecule has 4 nitrogen and oxygen atoms in total. The van der Waals surface area contributed by atoms with Crippen molar-refractivity contribution in [1.29, 1.82) is 0 Å². The van der Waals surface area contributed by atoms with Crippen molar-refractivity contribution in [2.75, 3.05) is 6.54 Å². The molecule has 1 N–H and O–H groups in total. The number of hydrogen-bond donors (Lipinski definition) is 1. The highest BCUT2D eigenvalue weighted by atomic mass is 16.2. The number of carbonyl (C=O) groups excluding carboxylic acids is 3. The Labute approximate surface area is 84.1 Å². The van der Waals surface area contributed by atoms with Gasteiger partial charge in [-0.2, -0.15) is 0 Å². The second kappa shape index (κ2) is 7.24. The number of hydrogen-bond acceptors (Lipinski definition) is 3. The summed E-state index contributed by atoms with van der Waals surface area (Å²) in [7, 11) is 0. The third-order valence-electron chi connectivity index (χ3n) is 1.90. The van der Waals surface area contributed by atoms with E-state index in [-0.39, 0.29) is 36.9 Å². The molecule has 0 spiro atoms. The number of rotatable bonds is 7. The van der Waals surface area contributed by atoms with Gasteiger partial charge in [-0.15, -0.1) is 0 Å². The second-order valence-electron chi connectivity index (χ2n) is 3.06. The Kier molecular flexibility index (Phi) is 6.62. The molecule has 0 bridgehead atoms. The van der Waals surface area contributed by atoms with Gasteiger partial charge in [0.2, 0.25) is 5.91 Å². The Bertz CT molecular complexity index is 201. The Morgan fingerprint density at radius 1 is 0.929 bits per heavy atom. The molecular formula is C10H17NO3. The summed E-state index contributed by atoms with van der Waals surface area (Å²) < 4.78 is 0. The molecule has 0 aliphatic rings. The maximum atomic E-state index is 11.1. The van der Waals surface area contributed by atoms with Crippen molar-refractivity contribution in [1.82, 2.24) is 5.32 Å². The lowest BCUT2D eigenvalue weighted by atomic mass is 10.2. The smallest absolute Gasteiger partial charge is 0.220 e. The van der Waals surface area contributed by atoms with Gasteiger partial charge in [0.15, 0.2) is 5.78 Å². The summed E-state index contributed by atoms with van der Waals surface area (Å²) in [6.07, 6.45) is 1.33. The van der Waals surface area contributed by atoms with E-state index in [1.165, 1.54) is 0 Å². The van der Waals surface area contributed by atoms with Crippen LogP contribution in [0.3, 0.4) is 0 Å². The highest BCUT2D eigenvalue weighted by Crippen LogP contribution is 1.94. The summed E-state index contributed by atoms with van der Waals surface area (Å²) in [4.78, 5) is 32.8. The first-order valence-corrected chi connectivity index (χ1v) is 4.90. The van der Waals surface area contributed by atoms with Gasteiger partial charge in [-0.25, -0.2) is 0 Å². The molecule has 0 aromatic heterocycles. The van der Waals surface area contributed by atoms with Crippen LogP contribution in [0.2, 0.25) is 0 Å². The molecule has 80 valence electrons. The normalized spacial score (nSPS) is 9.57. The van der Waals surface area contributed by atoms with Crippen molar-refractivity contribution >= 4 is 17.5 Å². The molecule has 0 unspecified atom stereocenters. The zero-order chi connectivity index (χ0) is 11.0. The van der Waals surface area contributed by atoms with E-state index in [0.29, 0.717) is 12.8 Å². The summed E-state index contributed by atoms with van der Waals surface area (Å²) >= 11 is 0. The molecule has 0 rings (SSSR count). The highest BCUT2D eigenvalue weighted by molar-refractivity contribution is 5.88. The molecular weight excluding hydrogens is 182 g/mol. The number of ketones is 2. The van der Waals surface area contributed by atoms with Crippen LogP contribution >= 0.6 is 0 Å². The topological polar surface area (TPSA) is 63.2 Å². The van der Waals surface area contributed by atoms with Gasteiger partial charge in [0, 0.05) is 25.7 Å². The lowest BCUT2D eigenvalue weighted by molar-refractivity contribution is -0.127. The van der Waals surface area contributed by atoms with Gasteiger partial charge in [0.1, 0.15) is 5.78 Å². The summed E-state index contributed by atoms with van der Waals surface area (Å²) in [5, 5.41) is 2.47. The van der Waals surface area contributed by atoms with Gasteiger partial charge in [0.05, 0.1) is 6.54 Å². The first kappa shape index (κ1) is 12.8. The molecule has 1 amide bonds. The van der Waals surface area contributed by atoms with Gasteiger partial charge >= 0.3 is 0 Å². The zero-order valence-electron chi connectivity index (χ0n) is 8.76. The average Bonchev–Trinajstić information content (AvgIpc) is 2.22. The van der Waals surface area contributed by atoms with Gasteiger partial charge in [-0.1, -0.05) is 13.8 Å². The van der Waals surface area contributed by atoms with Crippen LogP contribution in [0.25, 0.3) is 0 Å². The Morgan fingerprint density at radius 2 is 1.50 bits per heavy atom. The molecule has 0 aromatic rings. The molecule has 0 atom stereocenters.